The zero-order valence-corrected chi connectivity index (χ0v) is 16.7. The highest BCUT2D eigenvalue weighted by molar-refractivity contribution is 6.33. The van der Waals surface area contributed by atoms with E-state index in [1.54, 1.807) is 47.4 Å². The van der Waals surface area contributed by atoms with Crippen LogP contribution in [0.3, 0.4) is 0 Å². The maximum atomic E-state index is 14.1. The van der Waals surface area contributed by atoms with Crippen LogP contribution in [0.25, 0.3) is 0 Å². The molecule has 0 heterocycles. The van der Waals surface area contributed by atoms with Crippen molar-refractivity contribution < 1.29 is 14.0 Å². The number of hydrogen-bond donors (Lipinski definition) is 1. The molecule has 0 spiro atoms. The van der Waals surface area contributed by atoms with Gasteiger partial charge in [0.25, 0.3) is 5.91 Å². The summed E-state index contributed by atoms with van der Waals surface area (Å²) < 4.78 is 14.1. The Balaban J connectivity index is 1.79. The first kappa shape index (κ1) is 20.3. The molecule has 148 valence electrons. The van der Waals surface area contributed by atoms with Crippen molar-refractivity contribution in [3.05, 3.63) is 70.5 Å². The summed E-state index contributed by atoms with van der Waals surface area (Å²) in [6.07, 6.45) is 1.78. The summed E-state index contributed by atoms with van der Waals surface area (Å²) in [5, 5.41) is 3.16. The molecule has 0 unspecified atom stereocenters. The summed E-state index contributed by atoms with van der Waals surface area (Å²) in [5.41, 5.74) is 0.803. The van der Waals surface area contributed by atoms with E-state index < -0.39 is 6.04 Å². The lowest BCUT2D eigenvalue weighted by Gasteiger charge is -2.30. The number of amides is 2. The highest BCUT2D eigenvalue weighted by Gasteiger charge is 2.38. The molecule has 2 aromatic rings. The minimum absolute atomic E-state index is 0.0885. The number of nitrogens with one attached hydrogen (secondary N) is 1. The van der Waals surface area contributed by atoms with Gasteiger partial charge in [0.2, 0.25) is 5.91 Å². The Morgan fingerprint density at radius 2 is 1.79 bits per heavy atom. The second-order valence-corrected chi connectivity index (χ2v) is 7.87. The van der Waals surface area contributed by atoms with E-state index >= 15 is 0 Å². The quantitative estimate of drug-likeness (QED) is 0.745. The van der Waals surface area contributed by atoms with E-state index in [-0.39, 0.29) is 36.1 Å². The smallest absolute Gasteiger partial charge is 0.253 e. The summed E-state index contributed by atoms with van der Waals surface area (Å²) in [4.78, 5) is 27.7. The van der Waals surface area contributed by atoms with Crippen LogP contribution in [-0.4, -0.2) is 28.8 Å². The van der Waals surface area contributed by atoms with Gasteiger partial charge in [-0.1, -0.05) is 55.8 Å². The maximum absolute atomic E-state index is 14.1. The lowest BCUT2D eigenvalue weighted by atomic mass is 10.0. The number of rotatable bonds is 7. The van der Waals surface area contributed by atoms with Gasteiger partial charge in [-0.3, -0.25) is 9.59 Å². The fourth-order valence-electron chi connectivity index (χ4n) is 3.14. The summed E-state index contributed by atoms with van der Waals surface area (Å²) in [5.74, 6) is -1.04. The first-order chi connectivity index (χ1) is 13.4. The fraction of sp³-hybridized carbons (Fsp3) is 0.364. The Labute approximate surface area is 169 Å². The molecule has 0 bridgehead atoms. The molecule has 1 aliphatic rings. The molecule has 1 atom stereocenters. The Kier molecular flexibility index (Phi) is 6.35. The lowest BCUT2D eigenvalue weighted by molar-refractivity contribution is -0.135. The van der Waals surface area contributed by atoms with E-state index in [1.165, 1.54) is 6.07 Å². The van der Waals surface area contributed by atoms with Crippen molar-refractivity contribution in [2.45, 2.75) is 45.3 Å². The monoisotopic (exact) mass is 402 g/mol. The van der Waals surface area contributed by atoms with Gasteiger partial charge in [0, 0.05) is 18.2 Å². The lowest BCUT2D eigenvalue weighted by Crippen LogP contribution is -2.51. The number of hydrogen-bond acceptors (Lipinski definition) is 2. The summed E-state index contributed by atoms with van der Waals surface area (Å²) >= 11 is 6.11. The Bertz CT molecular complexity index is 867. The molecule has 0 aliphatic heterocycles. The molecule has 1 saturated carbocycles. The van der Waals surface area contributed by atoms with Gasteiger partial charge in [-0.05, 0) is 37.0 Å². The minimum atomic E-state index is -0.712. The molecule has 0 saturated heterocycles. The SMILES string of the molecule is CC(C)[C@H](NC(=O)c1ccccc1Cl)C(=O)N(Cc1ccccc1F)C1CC1. The van der Waals surface area contributed by atoms with Crippen LogP contribution in [0, 0.1) is 11.7 Å². The number of carbonyl (C=O) groups is 2. The molecule has 0 aromatic heterocycles. The standard InChI is InChI=1S/C22H24ClFN2O2/c1-14(2)20(25-21(27)17-8-4-5-9-18(17)23)22(28)26(16-11-12-16)13-15-7-3-6-10-19(15)24/h3-10,14,16,20H,11-13H2,1-2H3,(H,25,27)/t20-/m0/s1. The zero-order chi connectivity index (χ0) is 20.3. The van der Waals surface area contributed by atoms with Gasteiger partial charge in [-0.25, -0.2) is 4.39 Å². The molecule has 1 fully saturated rings. The van der Waals surface area contributed by atoms with Crippen LogP contribution in [0.15, 0.2) is 48.5 Å². The van der Waals surface area contributed by atoms with Gasteiger partial charge in [0.15, 0.2) is 0 Å². The van der Waals surface area contributed by atoms with Crippen LogP contribution < -0.4 is 5.32 Å². The zero-order valence-electron chi connectivity index (χ0n) is 16.0. The number of nitrogens with zero attached hydrogens (tertiary/aromatic N) is 1. The largest absolute Gasteiger partial charge is 0.340 e. The molecule has 4 nitrogen and oxygen atoms in total. The Hall–Kier alpha value is -2.40. The normalized spacial score (nSPS) is 14.6. The van der Waals surface area contributed by atoms with Crippen molar-refractivity contribution in [1.82, 2.24) is 10.2 Å². The first-order valence-corrected chi connectivity index (χ1v) is 9.85. The van der Waals surface area contributed by atoms with Gasteiger partial charge in [0.1, 0.15) is 11.9 Å². The Morgan fingerprint density at radius 3 is 2.39 bits per heavy atom. The van der Waals surface area contributed by atoms with Crippen LogP contribution in [0.1, 0.15) is 42.6 Å². The van der Waals surface area contributed by atoms with E-state index in [9.17, 15) is 14.0 Å². The van der Waals surface area contributed by atoms with Crippen LogP contribution in [0.2, 0.25) is 5.02 Å². The Morgan fingerprint density at radius 1 is 1.14 bits per heavy atom. The predicted octanol–water partition coefficient (Wildman–Crippen LogP) is 4.42. The average molecular weight is 403 g/mol. The van der Waals surface area contributed by atoms with Gasteiger partial charge in [-0.15, -0.1) is 0 Å². The first-order valence-electron chi connectivity index (χ1n) is 9.47. The van der Waals surface area contributed by atoms with Gasteiger partial charge in [0.05, 0.1) is 10.6 Å². The van der Waals surface area contributed by atoms with E-state index in [4.69, 9.17) is 11.6 Å². The van der Waals surface area contributed by atoms with Crippen molar-refractivity contribution in [3.8, 4) is 0 Å². The van der Waals surface area contributed by atoms with Gasteiger partial charge >= 0.3 is 0 Å². The summed E-state index contributed by atoms with van der Waals surface area (Å²) in [6, 6.07) is 12.6. The van der Waals surface area contributed by atoms with Crippen LogP contribution >= 0.6 is 11.6 Å². The number of benzene rings is 2. The van der Waals surface area contributed by atoms with Crippen molar-refractivity contribution in [1.29, 1.82) is 0 Å². The molecule has 1 aliphatic carbocycles. The maximum Gasteiger partial charge on any atom is 0.253 e. The molecule has 2 amide bonds. The molecule has 1 N–H and O–H groups in total. The third-order valence-electron chi connectivity index (χ3n) is 4.91. The summed E-state index contributed by atoms with van der Waals surface area (Å²) in [6.45, 7) is 3.95. The van der Waals surface area contributed by atoms with Crippen LogP contribution in [-0.2, 0) is 11.3 Å². The highest BCUT2D eigenvalue weighted by Crippen LogP contribution is 2.30. The van der Waals surface area contributed by atoms with Crippen molar-refractivity contribution in [2.24, 2.45) is 5.92 Å². The predicted molar refractivity (Wildman–Crippen MR) is 108 cm³/mol. The number of halogens is 2. The minimum Gasteiger partial charge on any atom is -0.340 e. The van der Waals surface area contributed by atoms with Crippen molar-refractivity contribution >= 4 is 23.4 Å². The topological polar surface area (TPSA) is 49.4 Å². The molecule has 0 radical (unpaired) electrons. The molecular weight excluding hydrogens is 379 g/mol. The summed E-state index contributed by atoms with van der Waals surface area (Å²) in [7, 11) is 0. The van der Waals surface area contributed by atoms with E-state index in [2.05, 4.69) is 5.32 Å². The number of carbonyl (C=O) groups excluding carboxylic acids is 2. The third-order valence-corrected chi connectivity index (χ3v) is 5.24. The van der Waals surface area contributed by atoms with Crippen LogP contribution in [0.5, 0.6) is 0 Å². The average Bonchev–Trinajstić information content (AvgIpc) is 3.50. The highest BCUT2D eigenvalue weighted by atomic mass is 35.5. The van der Waals surface area contributed by atoms with Gasteiger partial charge in [-0.2, -0.15) is 0 Å². The van der Waals surface area contributed by atoms with Crippen molar-refractivity contribution in [2.75, 3.05) is 0 Å². The second kappa shape index (κ2) is 8.74. The molecule has 6 heteroatoms. The molecule has 2 aromatic carbocycles. The van der Waals surface area contributed by atoms with E-state index in [0.29, 0.717) is 16.1 Å². The molecular formula is C22H24ClFN2O2. The second-order valence-electron chi connectivity index (χ2n) is 7.46. The van der Waals surface area contributed by atoms with Gasteiger partial charge < -0.3 is 10.2 Å². The molecule has 28 heavy (non-hydrogen) atoms. The van der Waals surface area contributed by atoms with Crippen LogP contribution in [0.4, 0.5) is 4.39 Å². The fourth-order valence-corrected chi connectivity index (χ4v) is 3.36. The third kappa shape index (κ3) is 4.71. The van der Waals surface area contributed by atoms with E-state index in [0.717, 1.165) is 12.8 Å². The molecule has 3 rings (SSSR count). The van der Waals surface area contributed by atoms with E-state index in [1.807, 2.05) is 13.8 Å². The van der Waals surface area contributed by atoms with Crippen molar-refractivity contribution in [3.63, 3.8) is 0 Å².